The molecule has 2 heterocycles. The molecule has 1 atom stereocenters. The zero-order valence-corrected chi connectivity index (χ0v) is 11.2. The van der Waals surface area contributed by atoms with E-state index in [1.165, 1.54) is 0 Å². The molecule has 3 aliphatic rings. The average Bonchev–Trinajstić information content (AvgIpc) is 2.58. The van der Waals surface area contributed by atoms with E-state index < -0.39 is 0 Å². The fourth-order valence-corrected chi connectivity index (χ4v) is 3.61. The number of carbonyl (C=O) groups excluding carboxylic acids is 2. The number of nitrogens with zero attached hydrogens (tertiary/aromatic N) is 1. The SMILES string of the molecule is O=C1CCC2(CCCN(C(=O)C3CC(O)C3)CC2)N1. The zero-order valence-electron chi connectivity index (χ0n) is 11.2. The van der Waals surface area contributed by atoms with Gasteiger partial charge in [-0.2, -0.15) is 0 Å². The summed E-state index contributed by atoms with van der Waals surface area (Å²) in [5.41, 5.74) is -0.0504. The number of hydrogen-bond donors (Lipinski definition) is 2. The minimum absolute atomic E-state index is 0.0298. The van der Waals surface area contributed by atoms with Crippen LogP contribution in [0, 0.1) is 5.92 Å². The predicted octanol–water partition coefficient (Wildman–Crippen LogP) is 0.419. The highest BCUT2D eigenvalue weighted by atomic mass is 16.3. The van der Waals surface area contributed by atoms with Gasteiger partial charge in [-0.15, -0.1) is 0 Å². The summed E-state index contributed by atoms with van der Waals surface area (Å²) in [7, 11) is 0. The third-order valence-electron chi connectivity index (χ3n) is 4.95. The lowest BCUT2D eigenvalue weighted by molar-refractivity contribution is -0.142. The van der Waals surface area contributed by atoms with Crippen molar-refractivity contribution < 1.29 is 14.7 Å². The van der Waals surface area contributed by atoms with Crippen LogP contribution in [0.4, 0.5) is 0 Å². The van der Waals surface area contributed by atoms with Crippen LogP contribution < -0.4 is 5.32 Å². The van der Waals surface area contributed by atoms with Crippen molar-refractivity contribution in [3.63, 3.8) is 0 Å². The van der Waals surface area contributed by atoms with Crippen LogP contribution in [0.3, 0.4) is 0 Å². The van der Waals surface area contributed by atoms with E-state index in [0.29, 0.717) is 19.3 Å². The van der Waals surface area contributed by atoms with Crippen LogP contribution in [0.2, 0.25) is 0 Å². The molecule has 19 heavy (non-hydrogen) atoms. The fraction of sp³-hybridized carbons (Fsp3) is 0.857. The summed E-state index contributed by atoms with van der Waals surface area (Å²) >= 11 is 0. The molecule has 1 aliphatic carbocycles. The molecule has 1 saturated carbocycles. The van der Waals surface area contributed by atoms with Gasteiger partial charge < -0.3 is 15.3 Å². The molecule has 0 radical (unpaired) electrons. The van der Waals surface area contributed by atoms with Crippen molar-refractivity contribution in [1.82, 2.24) is 10.2 Å². The van der Waals surface area contributed by atoms with Crippen molar-refractivity contribution in [3.8, 4) is 0 Å². The summed E-state index contributed by atoms with van der Waals surface area (Å²) in [6, 6.07) is 0. The van der Waals surface area contributed by atoms with Gasteiger partial charge in [-0.05, 0) is 38.5 Å². The number of likely N-dealkylation sites (tertiary alicyclic amines) is 1. The van der Waals surface area contributed by atoms with Crippen LogP contribution >= 0.6 is 0 Å². The Bertz CT molecular complexity index is 392. The molecule has 5 nitrogen and oxygen atoms in total. The smallest absolute Gasteiger partial charge is 0.225 e. The van der Waals surface area contributed by atoms with Crippen LogP contribution in [0.1, 0.15) is 44.9 Å². The molecule has 3 rings (SSSR count). The van der Waals surface area contributed by atoms with Crippen LogP contribution in [0.25, 0.3) is 0 Å². The van der Waals surface area contributed by atoms with E-state index in [1.807, 2.05) is 4.90 Å². The van der Waals surface area contributed by atoms with E-state index in [9.17, 15) is 14.7 Å². The maximum atomic E-state index is 12.3. The number of aliphatic hydroxyl groups excluding tert-OH is 1. The topological polar surface area (TPSA) is 69.6 Å². The third kappa shape index (κ3) is 2.48. The molecule has 0 bridgehead atoms. The number of nitrogens with one attached hydrogen (secondary N) is 1. The van der Waals surface area contributed by atoms with Gasteiger partial charge in [0, 0.05) is 31.0 Å². The normalized spacial score (nSPS) is 38.8. The van der Waals surface area contributed by atoms with E-state index in [4.69, 9.17) is 0 Å². The molecule has 2 saturated heterocycles. The van der Waals surface area contributed by atoms with Gasteiger partial charge in [0.1, 0.15) is 0 Å². The first-order chi connectivity index (χ1) is 9.08. The van der Waals surface area contributed by atoms with Crippen molar-refractivity contribution in [2.45, 2.75) is 56.6 Å². The Morgan fingerprint density at radius 1 is 1.26 bits per heavy atom. The summed E-state index contributed by atoms with van der Waals surface area (Å²) in [5.74, 6) is 0.385. The quantitative estimate of drug-likeness (QED) is 0.722. The minimum atomic E-state index is -0.276. The van der Waals surface area contributed by atoms with Gasteiger partial charge in [0.25, 0.3) is 0 Å². The molecular weight excluding hydrogens is 244 g/mol. The summed E-state index contributed by atoms with van der Waals surface area (Å²) in [5, 5.41) is 12.4. The van der Waals surface area contributed by atoms with Crippen LogP contribution in [0.5, 0.6) is 0 Å². The average molecular weight is 266 g/mol. The molecule has 0 aromatic heterocycles. The van der Waals surface area contributed by atoms with Gasteiger partial charge >= 0.3 is 0 Å². The molecule has 2 amide bonds. The lowest BCUT2D eigenvalue weighted by Gasteiger charge is -2.35. The standard InChI is InChI=1S/C14H22N2O3/c17-11-8-10(9-11)13(19)16-6-1-3-14(5-7-16)4-2-12(18)15-14/h10-11,17H,1-9H2,(H,15,18). The summed E-state index contributed by atoms with van der Waals surface area (Å²) in [6.07, 6.45) is 5.32. The first-order valence-electron chi connectivity index (χ1n) is 7.36. The molecule has 3 fully saturated rings. The van der Waals surface area contributed by atoms with Gasteiger partial charge in [0.05, 0.1) is 6.10 Å². The Morgan fingerprint density at radius 3 is 2.68 bits per heavy atom. The second-order valence-electron chi connectivity index (χ2n) is 6.33. The third-order valence-corrected chi connectivity index (χ3v) is 4.95. The van der Waals surface area contributed by atoms with Gasteiger partial charge in [0.2, 0.25) is 11.8 Å². The maximum Gasteiger partial charge on any atom is 0.225 e. The lowest BCUT2D eigenvalue weighted by atomic mass is 9.81. The Hall–Kier alpha value is -1.10. The highest BCUT2D eigenvalue weighted by molar-refractivity contribution is 5.80. The molecule has 1 spiro atoms. The first-order valence-corrected chi connectivity index (χ1v) is 7.36. The molecule has 1 unspecified atom stereocenters. The van der Waals surface area contributed by atoms with Crippen LogP contribution in [-0.2, 0) is 9.59 Å². The van der Waals surface area contributed by atoms with Crippen molar-refractivity contribution in [3.05, 3.63) is 0 Å². The van der Waals surface area contributed by atoms with Crippen molar-refractivity contribution in [2.24, 2.45) is 5.92 Å². The minimum Gasteiger partial charge on any atom is -0.393 e. The van der Waals surface area contributed by atoms with Crippen molar-refractivity contribution >= 4 is 11.8 Å². The van der Waals surface area contributed by atoms with E-state index in [0.717, 1.165) is 38.8 Å². The van der Waals surface area contributed by atoms with E-state index >= 15 is 0 Å². The van der Waals surface area contributed by atoms with Crippen molar-refractivity contribution in [2.75, 3.05) is 13.1 Å². The van der Waals surface area contributed by atoms with E-state index in [1.54, 1.807) is 0 Å². The predicted molar refractivity (Wildman–Crippen MR) is 69.3 cm³/mol. The number of rotatable bonds is 1. The summed E-state index contributed by atoms with van der Waals surface area (Å²) < 4.78 is 0. The second-order valence-corrected chi connectivity index (χ2v) is 6.33. The Morgan fingerprint density at radius 2 is 2.05 bits per heavy atom. The molecule has 0 aromatic rings. The van der Waals surface area contributed by atoms with Gasteiger partial charge in [-0.25, -0.2) is 0 Å². The molecule has 0 aromatic carbocycles. The molecule has 2 aliphatic heterocycles. The largest absolute Gasteiger partial charge is 0.393 e. The van der Waals surface area contributed by atoms with Gasteiger partial charge in [-0.1, -0.05) is 0 Å². The summed E-state index contributed by atoms with van der Waals surface area (Å²) in [6.45, 7) is 1.54. The Labute approximate surface area is 113 Å². The second kappa shape index (κ2) is 4.78. The monoisotopic (exact) mass is 266 g/mol. The number of carbonyl (C=O) groups is 2. The Balaban J connectivity index is 1.58. The lowest BCUT2D eigenvalue weighted by Crippen LogP contribution is -2.45. The Kier molecular flexibility index (Phi) is 3.25. The van der Waals surface area contributed by atoms with Gasteiger partial charge in [0.15, 0.2) is 0 Å². The highest BCUT2D eigenvalue weighted by Gasteiger charge is 2.41. The van der Waals surface area contributed by atoms with Crippen molar-refractivity contribution in [1.29, 1.82) is 0 Å². The maximum absolute atomic E-state index is 12.3. The first kappa shape index (κ1) is 12.9. The van der Waals surface area contributed by atoms with E-state index in [2.05, 4.69) is 5.32 Å². The fourth-order valence-electron chi connectivity index (χ4n) is 3.61. The van der Waals surface area contributed by atoms with Crippen LogP contribution in [0.15, 0.2) is 0 Å². The van der Waals surface area contributed by atoms with E-state index in [-0.39, 0.29) is 29.4 Å². The number of amides is 2. The molecule has 106 valence electrons. The number of hydrogen-bond acceptors (Lipinski definition) is 3. The molecule has 5 heteroatoms. The van der Waals surface area contributed by atoms with Crippen LogP contribution in [-0.4, -0.2) is 46.6 Å². The van der Waals surface area contributed by atoms with Gasteiger partial charge in [-0.3, -0.25) is 9.59 Å². The summed E-state index contributed by atoms with van der Waals surface area (Å²) in [4.78, 5) is 25.6. The number of aliphatic hydroxyl groups is 1. The highest BCUT2D eigenvalue weighted by Crippen LogP contribution is 2.34. The molecular formula is C14H22N2O3. The zero-order chi connectivity index (χ0) is 13.5. The molecule has 2 N–H and O–H groups in total.